The number of hydrogen-bond acceptors (Lipinski definition) is 3. The maximum absolute atomic E-state index is 5.74. The van der Waals surface area contributed by atoms with Gasteiger partial charge in [0.05, 0.1) is 10.2 Å². The number of hydrogen-bond donors (Lipinski definition) is 1. The molecule has 19 heavy (non-hydrogen) atoms. The molecule has 0 atom stereocenters. The van der Waals surface area contributed by atoms with Crippen LogP contribution in [0.25, 0.3) is 0 Å². The van der Waals surface area contributed by atoms with Crippen LogP contribution in [0.4, 0.5) is 11.4 Å². The van der Waals surface area contributed by atoms with Gasteiger partial charge >= 0.3 is 0 Å². The van der Waals surface area contributed by atoms with Crippen molar-refractivity contribution in [2.75, 3.05) is 10.6 Å². The molecule has 0 saturated heterocycles. The van der Waals surface area contributed by atoms with Crippen LogP contribution in [0.5, 0.6) is 0 Å². The van der Waals surface area contributed by atoms with E-state index < -0.39 is 0 Å². The minimum atomic E-state index is 0.649. The second kappa shape index (κ2) is 5.21. The molecule has 0 amide bonds. The van der Waals surface area contributed by atoms with Gasteiger partial charge in [-0.1, -0.05) is 12.1 Å². The molecular weight excluding hydrogens is 302 g/mol. The predicted molar refractivity (Wildman–Crippen MR) is 82.0 cm³/mol. The van der Waals surface area contributed by atoms with Crippen LogP contribution in [-0.4, -0.2) is 11.0 Å². The van der Waals surface area contributed by atoms with Gasteiger partial charge < -0.3 is 10.6 Å². The molecule has 1 saturated carbocycles. The Labute approximate surface area is 121 Å². The van der Waals surface area contributed by atoms with Gasteiger partial charge in [-0.2, -0.15) is 0 Å². The molecular formula is C15H16BrN3. The average molecular weight is 318 g/mol. The average Bonchev–Trinajstić information content (AvgIpc) is 3.24. The van der Waals surface area contributed by atoms with Crippen molar-refractivity contribution in [1.29, 1.82) is 0 Å². The molecule has 1 aliphatic rings. The van der Waals surface area contributed by atoms with Gasteiger partial charge in [0.15, 0.2) is 0 Å². The van der Waals surface area contributed by atoms with E-state index in [9.17, 15) is 0 Å². The van der Waals surface area contributed by atoms with Gasteiger partial charge in [0, 0.05) is 30.7 Å². The van der Waals surface area contributed by atoms with E-state index in [1.54, 1.807) is 0 Å². The maximum Gasteiger partial charge on any atom is 0.0592 e. The molecule has 1 aromatic heterocycles. The molecule has 3 rings (SSSR count). The summed E-state index contributed by atoms with van der Waals surface area (Å²) in [5, 5.41) is 0. The monoisotopic (exact) mass is 317 g/mol. The fourth-order valence-electron chi connectivity index (χ4n) is 2.22. The number of nitrogens with two attached hydrogens (primary N) is 1. The minimum absolute atomic E-state index is 0.649. The SMILES string of the molecule is Nc1ccc(CN(c2ccncc2Br)C2CC2)cc1. The molecule has 0 bridgehead atoms. The Morgan fingerprint density at radius 1 is 1.21 bits per heavy atom. The summed E-state index contributed by atoms with van der Waals surface area (Å²) in [6, 6.07) is 10.8. The molecule has 1 fully saturated rings. The van der Waals surface area contributed by atoms with E-state index in [0.717, 1.165) is 16.7 Å². The smallest absolute Gasteiger partial charge is 0.0592 e. The molecule has 0 aliphatic heterocycles. The zero-order valence-corrected chi connectivity index (χ0v) is 12.2. The highest BCUT2D eigenvalue weighted by atomic mass is 79.9. The van der Waals surface area contributed by atoms with Crippen LogP contribution in [-0.2, 0) is 6.54 Å². The van der Waals surface area contributed by atoms with E-state index in [-0.39, 0.29) is 0 Å². The number of anilines is 2. The summed E-state index contributed by atoms with van der Waals surface area (Å²) in [6.45, 7) is 0.910. The third kappa shape index (κ3) is 2.89. The Hall–Kier alpha value is -1.55. The molecule has 0 radical (unpaired) electrons. The summed E-state index contributed by atoms with van der Waals surface area (Å²) in [6.07, 6.45) is 6.24. The van der Waals surface area contributed by atoms with Crippen molar-refractivity contribution in [1.82, 2.24) is 4.98 Å². The van der Waals surface area contributed by atoms with Crippen molar-refractivity contribution >= 4 is 27.3 Å². The zero-order chi connectivity index (χ0) is 13.2. The lowest BCUT2D eigenvalue weighted by Gasteiger charge is -2.25. The number of pyridine rings is 1. The molecule has 4 heteroatoms. The second-order valence-electron chi connectivity index (χ2n) is 4.93. The highest BCUT2D eigenvalue weighted by molar-refractivity contribution is 9.10. The van der Waals surface area contributed by atoms with Gasteiger partial charge in [-0.05, 0) is 52.5 Å². The van der Waals surface area contributed by atoms with Crippen LogP contribution in [0.2, 0.25) is 0 Å². The van der Waals surface area contributed by atoms with Crippen LogP contribution in [0.3, 0.4) is 0 Å². The first-order chi connectivity index (χ1) is 9.24. The summed E-state index contributed by atoms with van der Waals surface area (Å²) in [5.74, 6) is 0. The van der Waals surface area contributed by atoms with Crippen molar-refractivity contribution in [2.24, 2.45) is 0 Å². The highest BCUT2D eigenvalue weighted by Crippen LogP contribution is 2.36. The largest absolute Gasteiger partial charge is 0.399 e. The maximum atomic E-state index is 5.74. The second-order valence-corrected chi connectivity index (χ2v) is 5.78. The van der Waals surface area contributed by atoms with E-state index in [1.165, 1.54) is 24.1 Å². The van der Waals surface area contributed by atoms with Crippen LogP contribution in [0, 0.1) is 0 Å². The zero-order valence-electron chi connectivity index (χ0n) is 10.6. The first kappa shape index (κ1) is 12.5. The lowest BCUT2D eigenvalue weighted by molar-refractivity contribution is 0.791. The summed E-state index contributed by atoms with van der Waals surface area (Å²) in [5.41, 5.74) is 9.05. The van der Waals surface area contributed by atoms with Crippen molar-refractivity contribution < 1.29 is 0 Å². The normalized spacial score (nSPS) is 14.4. The molecule has 3 nitrogen and oxygen atoms in total. The van der Waals surface area contributed by atoms with Crippen LogP contribution in [0.1, 0.15) is 18.4 Å². The molecule has 1 aromatic carbocycles. The van der Waals surface area contributed by atoms with E-state index in [0.29, 0.717) is 6.04 Å². The van der Waals surface area contributed by atoms with Crippen molar-refractivity contribution in [3.63, 3.8) is 0 Å². The first-order valence-electron chi connectivity index (χ1n) is 6.44. The van der Waals surface area contributed by atoms with Crippen molar-refractivity contribution in [3.05, 3.63) is 52.8 Å². The van der Waals surface area contributed by atoms with E-state index in [4.69, 9.17) is 5.73 Å². The van der Waals surface area contributed by atoms with Gasteiger partial charge in [0.25, 0.3) is 0 Å². The van der Waals surface area contributed by atoms with Crippen LogP contribution < -0.4 is 10.6 Å². The summed E-state index contributed by atoms with van der Waals surface area (Å²) < 4.78 is 1.05. The number of benzene rings is 1. The summed E-state index contributed by atoms with van der Waals surface area (Å²) >= 11 is 3.59. The Balaban J connectivity index is 1.86. The van der Waals surface area contributed by atoms with E-state index in [1.807, 2.05) is 24.5 Å². The first-order valence-corrected chi connectivity index (χ1v) is 7.24. The molecule has 0 spiro atoms. The fraction of sp³-hybridized carbons (Fsp3) is 0.267. The summed E-state index contributed by atoms with van der Waals surface area (Å²) in [4.78, 5) is 6.58. The predicted octanol–water partition coefficient (Wildman–Crippen LogP) is 3.60. The Morgan fingerprint density at radius 2 is 1.95 bits per heavy atom. The lowest BCUT2D eigenvalue weighted by atomic mass is 10.2. The van der Waals surface area contributed by atoms with Crippen LogP contribution in [0.15, 0.2) is 47.2 Å². The van der Waals surface area contributed by atoms with Gasteiger partial charge in [0.2, 0.25) is 0 Å². The van der Waals surface area contributed by atoms with Gasteiger partial charge in [-0.15, -0.1) is 0 Å². The topological polar surface area (TPSA) is 42.1 Å². The molecule has 2 N–H and O–H groups in total. The quantitative estimate of drug-likeness (QED) is 0.876. The highest BCUT2D eigenvalue weighted by Gasteiger charge is 2.30. The molecule has 98 valence electrons. The van der Waals surface area contributed by atoms with Crippen molar-refractivity contribution in [2.45, 2.75) is 25.4 Å². The Bertz CT molecular complexity index is 564. The molecule has 0 unspecified atom stereocenters. The standard InChI is InChI=1S/C15H16BrN3/c16-14-9-18-8-7-15(14)19(13-5-6-13)10-11-1-3-12(17)4-2-11/h1-4,7-9,13H,5-6,10,17H2. The summed E-state index contributed by atoms with van der Waals surface area (Å²) in [7, 11) is 0. The van der Waals surface area contributed by atoms with Gasteiger partial charge in [0.1, 0.15) is 0 Å². The third-order valence-electron chi connectivity index (χ3n) is 3.38. The number of aromatic nitrogens is 1. The van der Waals surface area contributed by atoms with Gasteiger partial charge in [-0.3, -0.25) is 4.98 Å². The van der Waals surface area contributed by atoms with Gasteiger partial charge in [-0.25, -0.2) is 0 Å². The number of nitrogens with zero attached hydrogens (tertiary/aromatic N) is 2. The molecule has 2 aromatic rings. The number of halogens is 1. The van der Waals surface area contributed by atoms with Crippen LogP contribution >= 0.6 is 15.9 Å². The Kier molecular flexibility index (Phi) is 3.42. The molecule has 1 aliphatic carbocycles. The van der Waals surface area contributed by atoms with Crippen molar-refractivity contribution in [3.8, 4) is 0 Å². The van der Waals surface area contributed by atoms with E-state index >= 15 is 0 Å². The number of rotatable bonds is 4. The lowest BCUT2D eigenvalue weighted by Crippen LogP contribution is -2.25. The third-order valence-corrected chi connectivity index (χ3v) is 3.99. The minimum Gasteiger partial charge on any atom is -0.399 e. The van der Waals surface area contributed by atoms with E-state index in [2.05, 4.69) is 44.0 Å². The Morgan fingerprint density at radius 3 is 2.58 bits per heavy atom. The molecule has 1 heterocycles. The number of nitrogen functional groups attached to an aromatic ring is 1. The fourth-order valence-corrected chi connectivity index (χ4v) is 2.70.